The Morgan fingerprint density at radius 3 is 1.40 bits per heavy atom. The number of hydrogen-bond acceptors (Lipinski definition) is 2. The van der Waals surface area contributed by atoms with Crippen molar-refractivity contribution in [3.8, 4) is 0 Å². The van der Waals surface area contributed by atoms with E-state index in [4.69, 9.17) is 8.85 Å². The molecular weight excluding hydrogens is 204 g/mol. The van der Waals surface area contributed by atoms with Crippen LogP contribution in [-0.4, -0.2) is 22.5 Å². The highest BCUT2D eigenvalue weighted by molar-refractivity contribution is 6.48. The summed E-state index contributed by atoms with van der Waals surface area (Å²) in [5.74, 6) is 1.18. The lowest BCUT2D eigenvalue weighted by molar-refractivity contribution is 0.148. The van der Waals surface area contributed by atoms with Crippen LogP contribution in [0.1, 0.15) is 48.5 Å². The Balaban J connectivity index is 4.08. The second-order valence-corrected chi connectivity index (χ2v) is 9.21. The molecule has 0 unspecified atom stereocenters. The SMILES string of the molecule is CC(C)CO[SiH](OCC(C)C)C(C)(C)C. The predicted molar refractivity (Wildman–Crippen MR) is 68.4 cm³/mol. The first-order valence-corrected chi connectivity index (χ1v) is 7.48. The Labute approximate surface area is 97.2 Å². The van der Waals surface area contributed by atoms with Gasteiger partial charge in [-0.2, -0.15) is 0 Å². The van der Waals surface area contributed by atoms with Gasteiger partial charge in [0.25, 0.3) is 0 Å². The van der Waals surface area contributed by atoms with Gasteiger partial charge in [-0.3, -0.25) is 0 Å². The maximum absolute atomic E-state index is 5.94. The number of rotatable bonds is 6. The summed E-state index contributed by atoms with van der Waals surface area (Å²) in [5, 5.41) is 0.184. The van der Waals surface area contributed by atoms with Crippen molar-refractivity contribution in [2.75, 3.05) is 13.2 Å². The van der Waals surface area contributed by atoms with E-state index < -0.39 is 9.28 Å². The summed E-state index contributed by atoms with van der Waals surface area (Å²) >= 11 is 0. The van der Waals surface area contributed by atoms with Gasteiger partial charge in [0.15, 0.2) is 0 Å². The van der Waals surface area contributed by atoms with Crippen molar-refractivity contribution < 1.29 is 8.85 Å². The first-order chi connectivity index (χ1) is 6.73. The fourth-order valence-corrected chi connectivity index (χ4v) is 3.32. The topological polar surface area (TPSA) is 18.5 Å². The molecule has 0 rings (SSSR count). The monoisotopic (exact) mass is 232 g/mol. The van der Waals surface area contributed by atoms with E-state index in [2.05, 4.69) is 48.5 Å². The predicted octanol–water partition coefficient (Wildman–Crippen LogP) is 3.35. The van der Waals surface area contributed by atoms with E-state index in [1.54, 1.807) is 0 Å². The molecule has 0 aromatic rings. The second kappa shape index (κ2) is 6.66. The van der Waals surface area contributed by atoms with Gasteiger partial charge in [-0.15, -0.1) is 0 Å². The molecule has 0 saturated heterocycles. The molecule has 0 bridgehead atoms. The molecule has 0 spiro atoms. The van der Waals surface area contributed by atoms with Gasteiger partial charge in [-0.25, -0.2) is 0 Å². The highest BCUT2D eigenvalue weighted by Crippen LogP contribution is 2.28. The normalized spacial score (nSPS) is 13.2. The summed E-state index contributed by atoms with van der Waals surface area (Å²) in [6.07, 6.45) is 0. The summed E-state index contributed by atoms with van der Waals surface area (Å²) in [6.45, 7) is 17.0. The highest BCUT2D eigenvalue weighted by atomic mass is 28.3. The average Bonchev–Trinajstić information content (AvgIpc) is 2.00. The molecular formula is C12H28O2Si. The van der Waals surface area contributed by atoms with Crippen molar-refractivity contribution >= 4 is 9.28 Å². The van der Waals surface area contributed by atoms with Crippen molar-refractivity contribution in [2.24, 2.45) is 11.8 Å². The van der Waals surface area contributed by atoms with E-state index in [0.29, 0.717) is 11.8 Å². The summed E-state index contributed by atoms with van der Waals surface area (Å²) in [4.78, 5) is 0. The lowest BCUT2D eigenvalue weighted by atomic mass is 10.2. The van der Waals surface area contributed by atoms with Crippen molar-refractivity contribution in [3.63, 3.8) is 0 Å². The standard InChI is InChI=1S/C12H28O2Si/c1-10(2)8-13-15(12(5,6)7)14-9-11(3)4/h10-11,15H,8-9H2,1-7H3. The molecule has 0 radical (unpaired) electrons. The summed E-state index contributed by atoms with van der Waals surface area (Å²) in [5.41, 5.74) is 0. The van der Waals surface area contributed by atoms with E-state index in [1.165, 1.54) is 0 Å². The summed E-state index contributed by atoms with van der Waals surface area (Å²) in [7, 11) is -1.53. The van der Waals surface area contributed by atoms with Gasteiger partial charge in [-0.05, 0) is 11.8 Å². The van der Waals surface area contributed by atoms with Gasteiger partial charge in [0.05, 0.1) is 0 Å². The maximum Gasteiger partial charge on any atom is 0.327 e. The molecule has 15 heavy (non-hydrogen) atoms. The molecule has 0 aliphatic heterocycles. The first-order valence-electron chi connectivity index (χ1n) is 5.96. The fourth-order valence-electron chi connectivity index (χ4n) is 1.11. The molecule has 0 N–H and O–H groups in total. The van der Waals surface area contributed by atoms with Crippen LogP contribution in [-0.2, 0) is 8.85 Å². The molecule has 0 amide bonds. The van der Waals surface area contributed by atoms with Gasteiger partial charge < -0.3 is 8.85 Å². The molecule has 0 saturated carbocycles. The smallest absolute Gasteiger partial charge is 0.327 e. The first kappa shape index (κ1) is 15.1. The van der Waals surface area contributed by atoms with E-state index in [1.807, 2.05) is 0 Å². The quantitative estimate of drug-likeness (QED) is 0.654. The van der Waals surface area contributed by atoms with Crippen molar-refractivity contribution in [2.45, 2.75) is 53.5 Å². The van der Waals surface area contributed by atoms with Crippen molar-refractivity contribution in [1.29, 1.82) is 0 Å². The van der Waals surface area contributed by atoms with Crippen LogP contribution < -0.4 is 0 Å². The van der Waals surface area contributed by atoms with Crippen LogP contribution >= 0.6 is 0 Å². The minimum absolute atomic E-state index is 0.184. The largest absolute Gasteiger partial charge is 0.396 e. The third-order valence-corrected chi connectivity index (χ3v) is 4.27. The molecule has 0 heterocycles. The fraction of sp³-hybridized carbons (Fsp3) is 1.00. The van der Waals surface area contributed by atoms with Gasteiger partial charge in [0.2, 0.25) is 0 Å². The Morgan fingerprint density at radius 1 is 0.867 bits per heavy atom. The zero-order valence-electron chi connectivity index (χ0n) is 11.5. The molecule has 3 heteroatoms. The second-order valence-electron chi connectivity index (χ2n) is 6.15. The van der Waals surface area contributed by atoms with Crippen LogP contribution in [0.4, 0.5) is 0 Å². The Hall–Kier alpha value is 0.137. The summed E-state index contributed by atoms with van der Waals surface area (Å²) < 4.78 is 11.9. The van der Waals surface area contributed by atoms with Crippen LogP contribution in [0, 0.1) is 11.8 Å². The van der Waals surface area contributed by atoms with Gasteiger partial charge >= 0.3 is 9.28 Å². The molecule has 0 aliphatic carbocycles. The van der Waals surface area contributed by atoms with Crippen LogP contribution in [0.15, 0.2) is 0 Å². The van der Waals surface area contributed by atoms with Crippen molar-refractivity contribution in [1.82, 2.24) is 0 Å². The maximum atomic E-state index is 5.94. The van der Waals surface area contributed by atoms with E-state index in [-0.39, 0.29) is 5.04 Å². The lowest BCUT2D eigenvalue weighted by Gasteiger charge is -2.29. The Bertz CT molecular complexity index is 149. The Kier molecular flexibility index (Phi) is 6.72. The number of hydrogen-bond donors (Lipinski definition) is 0. The zero-order valence-corrected chi connectivity index (χ0v) is 12.6. The van der Waals surface area contributed by atoms with Gasteiger partial charge in [-0.1, -0.05) is 48.5 Å². The summed E-state index contributed by atoms with van der Waals surface area (Å²) in [6, 6.07) is 0. The van der Waals surface area contributed by atoms with E-state index in [0.717, 1.165) is 13.2 Å². The molecule has 0 aromatic heterocycles. The molecule has 0 atom stereocenters. The molecule has 2 nitrogen and oxygen atoms in total. The van der Waals surface area contributed by atoms with Gasteiger partial charge in [0, 0.05) is 18.3 Å². The van der Waals surface area contributed by atoms with Crippen LogP contribution in [0.2, 0.25) is 5.04 Å². The molecule has 0 aliphatic rings. The van der Waals surface area contributed by atoms with Crippen LogP contribution in [0.5, 0.6) is 0 Å². The zero-order chi connectivity index (χ0) is 12.1. The van der Waals surface area contributed by atoms with Crippen molar-refractivity contribution in [3.05, 3.63) is 0 Å². The lowest BCUT2D eigenvalue weighted by Crippen LogP contribution is -2.35. The minimum Gasteiger partial charge on any atom is -0.396 e. The highest BCUT2D eigenvalue weighted by Gasteiger charge is 2.30. The third kappa shape index (κ3) is 8.00. The molecule has 92 valence electrons. The van der Waals surface area contributed by atoms with Crippen LogP contribution in [0.25, 0.3) is 0 Å². The van der Waals surface area contributed by atoms with Gasteiger partial charge in [0.1, 0.15) is 0 Å². The van der Waals surface area contributed by atoms with E-state index in [9.17, 15) is 0 Å². The van der Waals surface area contributed by atoms with Crippen LogP contribution in [0.3, 0.4) is 0 Å². The van der Waals surface area contributed by atoms with E-state index >= 15 is 0 Å². The minimum atomic E-state index is -1.53. The average molecular weight is 232 g/mol. The third-order valence-electron chi connectivity index (χ3n) is 1.87. The molecule has 0 aromatic carbocycles. The molecule has 0 fully saturated rings. The Morgan fingerprint density at radius 2 is 1.20 bits per heavy atom.